The van der Waals surface area contributed by atoms with Crippen LogP contribution in [0.3, 0.4) is 0 Å². The Morgan fingerprint density at radius 2 is 1.67 bits per heavy atom. The molecule has 0 aromatic carbocycles. The van der Waals surface area contributed by atoms with Gasteiger partial charge in [0.15, 0.2) is 0 Å². The third-order valence-electron chi connectivity index (χ3n) is 3.30. The van der Waals surface area contributed by atoms with Crippen molar-refractivity contribution < 1.29 is 4.79 Å². The molecule has 2 fully saturated rings. The van der Waals surface area contributed by atoms with Gasteiger partial charge in [-0.25, -0.2) is 0 Å². The second-order valence-corrected chi connectivity index (χ2v) is 5.19. The molecule has 0 aromatic rings. The van der Waals surface area contributed by atoms with E-state index in [2.05, 4.69) is 13.8 Å². The van der Waals surface area contributed by atoms with Crippen molar-refractivity contribution in [1.82, 2.24) is 4.90 Å². The lowest BCUT2D eigenvalue weighted by molar-refractivity contribution is -0.132. The van der Waals surface area contributed by atoms with Gasteiger partial charge < -0.3 is 4.90 Å². The van der Waals surface area contributed by atoms with Crippen LogP contribution in [0.5, 0.6) is 0 Å². The van der Waals surface area contributed by atoms with Gasteiger partial charge in [-0.1, -0.05) is 25.0 Å². The molecule has 1 saturated heterocycles. The van der Waals surface area contributed by atoms with Crippen molar-refractivity contribution in [1.29, 1.82) is 0 Å². The van der Waals surface area contributed by atoms with Gasteiger partial charge in [0, 0.05) is 19.5 Å². The van der Waals surface area contributed by atoms with Gasteiger partial charge in [-0.2, -0.15) is 0 Å². The van der Waals surface area contributed by atoms with E-state index in [1.54, 1.807) is 11.1 Å². The maximum Gasteiger partial charge on any atom is 0.222 e. The molecule has 2 rings (SSSR count). The van der Waals surface area contributed by atoms with Gasteiger partial charge in [0.05, 0.1) is 0 Å². The highest BCUT2D eigenvalue weighted by Gasteiger charge is 2.24. The molecule has 1 amide bonds. The van der Waals surface area contributed by atoms with Crippen molar-refractivity contribution in [3.8, 4) is 0 Å². The number of rotatable bonds is 2. The molecule has 15 heavy (non-hydrogen) atoms. The Kier molecular flexibility index (Phi) is 3.13. The number of amides is 1. The first-order valence-corrected chi connectivity index (χ1v) is 6.14. The molecule has 0 bridgehead atoms. The molecule has 1 aliphatic heterocycles. The summed E-state index contributed by atoms with van der Waals surface area (Å²) in [5, 5.41) is 0. The fourth-order valence-corrected chi connectivity index (χ4v) is 2.27. The molecule has 84 valence electrons. The molecule has 0 aromatic heterocycles. The molecule has 1 heterocycles. The maximum atomic E-state index is 11.8. The van der Waals surface area contributed by atoms with E-state index in [1.807, 2.05) is 4.90 Å². The highest BCUT2D eigenvalue weighted by Crippen LogP contribution is 2.36. The lowest BCUT2D eigenvalue weighted by Gasteiger charge is -2.29. The SMILES string of the molecule is CC(C)CC(=O)N1CCC(=C2CC2)CC1. The minimum absolute atomic E-state index is 0.352. The first kappa shape index (κ1) is 10.7. The van der Waals surface area contributed by atoms with E-state index in [0.717, 1.165) is 25.9 Å². The van der Waals surface area contributed by atoms with Gasteiger partial charge >= 0.3 is 0 Å². The first-order valence-electron chi connectivity index (χ1n) is 6.14. The predicted octanol–water partition coefficient (Wildman–Crippen LogP) is 2.75. The van der Waals surface area contributed by atoms with Crippen LogP contribution in [0.2, 0.25) is 0 Å². The normalized spacial score (nSPS) is 21.1. The molecule has 1 saturated carbocycles. The third kappa shape index (κ3) is 2.83. The fraction of sp³-hybridized carbons (Fsp3) is 0.769. The molecular formula is C13H21NO. The number of nitrogens with zero attached hydrogens (tertiary/aromatic N) is 1. The summed E-state index contributed by atoms with van der Waals surface area (Å²) in [6.45, 7) is 6.15. The van der Waals surface area contributed by atoms with Crippen LogP contribution in [-0.2, 0) is 4.79 Å². The van der Waals surface area contributed by atoms with E-state index in [4.69, 9.17) is 0 Å². The van der Waals surface area contributed by atoms with Crippen LogP contribution < -0.4 is 0 Å². The molecule has 0 spiro atoms. The van der Waals surface area contributed by atoms with Gasteiger partial charge in [-0.05, 0) is 31.6 Å². The van der Waals surface area contributed by atoms with Crippen LogP contribution in [0.4, 0.5) is 0 Å². The highest BCUT2D eigenvalue weighted by molar-refractivity contribution is 5.76. The van der Waals surface area contributed by atoms with E-state index < -0.39 is 0 Å². The number of piperidine rings is 1. The number of hydrogen-bond donors (Lipinski definition) is 0. The minimum Gasteiger partial charge on any atom is -0.342 e. The Balaban J connectivity index is 1.82. The van der Waals surface area contributed by atoms with Crippen LogP contribution >= 0.6 is 0 Å². The molecule has 2 nitrogen and oxygen atoms in total. The van der Waals surface area contributed by atoms with Crippen molar-refractivity contribution in [3.05, 3.63) is 11.1 Å². The molecule has 2 aliphatic rings. The molecular weight excluding hydrogens is 186 g/mol. The number of hydrogen-bond acceptors (Lipinski definition) is 1. The van der Waals surface area contributed by atoms with Gasteiger partial charge in [0.25, 0.3) is 0 Å². The lowest BCUT2D eigenvalue weighted by Crippen LogP contribution is -2.36. The van der Waals surface area contributed by atoms with Gasteiger partial charge in [-0.3, -0.25) is 4.79 Å². The molecule has 1 aliphatic carbocycles. The first-order chi connectivity index (χ1) is 7.16. The smallest absolute Gasteiger partial charge is 0.222 e. The number of carbonyl (C=O) groups excluding carboxylic acids is 1. The summed E-state index contributed by atoms with van der Waals surface area (Å²) in [6, 6.07) is 0. The summed E-state index contributed by atoms with van der Waals surface area (Å²) >= 11 is 0. The summed E-state index contributed by atoms with van der Waals surface area (Å²) in [4.78, 5) is 13.9. The van der Waals surface area contributed by atoms with E-state index in [1.165, 1.54) is 12.8 Å². The van der Waals surface area contributed by atoms with Crippen molar-refractivity contribution in [2.75, 3.05) is 13.1 Å². The highest BCUT2D eigenvalue weighted by atomic mass is 16.2. The minimum atomic E-state index is 0.352. The van der Waals surface area contributed by atoms with E-state index in [-0.39, 0.29) is 0 Å². The van der Waals surface area contributed by atoms with Crippen molar-refractivity contribution >= 4 is 5.91 Å². The van der Waals surface area contributed by atoms with Crippen LogP contribution in [0, 0.1) is 5.92 Å². The van der Waals surface area contributed by atoms with Crippen molar-refractivity contribution in [2.45, 2.75) is 46.0 Å². The quantitative estimate of drug-likeness (QED) is 0.638. The topological polar surface area (TPSA) is 20.3 Å². The average Bonchev–Trinajstić information content (AvgIpc) is 3.00. The summed E-state index contributed by atoms with van der Waals surface area (Å²) in [5.41, 5.74) is 3.34. The maximum absolute atomic E-state index is 11.8. The largest absolute Gasteiger partial charge is 0.342 e. The van der Waals surface area contributed by atoms with Gasteiger partial charge in [-0.15, -0.1) is 0 Å². The monoisotopic (exact) mass is 207 g/mol. The number of carbonyl (C=O) groups is 1. The Bertz CT molecular complexity index is 275. The molecule has 0 radical (unpaired) electrons. The second kappa shape index (κ2) is 4.38. The van der Waals surface area contributed by atoms with Crippen LogP contribution in [0.1, 0.15) is 46.0 Å². The fourth-order valence-electron chi connectivity index (χ4n) is 2.27. The third-order valence-corrected chi connectivity index (χ3v) is 3.30. The zero-order valence-electron chi connectivity index (χ0n) is 9.88. The van der Waals surface area contributed by atoms with Crippen LogP contribution in [0.25, 0.3) is 0 Å². The van der Waals surface area contributed by atoms with E-state index >= 15 is 0 Å². The van der Waals surface area contributed by atoms with E-state index in [9.17, 15) is 4.79 Å². The zero-order chi connectivity index (χ0) is 10.8. The standard InChI is InChI=1S/C13H21NO/c1-10(2)9-13(15)14-7-5-12(6-8-14)11-3-4-11/h10H,3-9H2,1-2H3. The second-order valence-electron chi connectivity index (χ2n) is 5.19. The predicted molar refractivity (Wildman–Crippen MR) is 61.5 cm³/mol. The summed E-state index contributed by atoms with van der Waals surface area (Å²) in [5.74, 6) is 0.838. The Labute approximate surface area is 92.3 Å². The summed E-state index contributed by atoms with van der Waals surface area (Å²) in [7, 11) is 0. The Hall–Kier alpha value is -0.790. The zero-order valence-corrected chi connectivity index (χ0v) is 9.88. The molecule has 0 atom stereocenters. The summed E-state index contributed by atoms with van der Waals surface area (Å²) < 4.78 is 0. The Morgan fingerprint density at radius 3 is 2.13 bits per heavy atom. The number of allylic oxidation sites excluding steroid dienone is 1. The lowest BCUT2D eigenvalue weighted by atomic mass is 10.0. The molecule has 0 N–H and O–H groups in total. The van der Waals surface area contributed by atoms with E-state index in [0.29, 0.717) is 18.2 Å². The Morgan fingerprint density at radius 1 is 1.13 bits per heavy atom. The summed E-state index contributed by atoms with van der Waals surface area (Å²) in [6.07, 6.45) is 5.65. The number of likely N-dealkylation sites (tertiary alicyclic amines) is 1. The van der Waals surface area contributed by atoms with Crippen LogP contribution in [-0.4, -0.2) is 23.9 Å². The average molecular weight is 207 g/mol. The van der Waals surface area contributed by atoms with Crippen LogP contribution in [0.15, 0.2) is 11.1 Å². The van der Waals surface area contributed by atoms with Gasteiger partial charge in [0.2, 0.25) is 5.91 Å². The molecule has 2 heteroatoms. The molecule has 0 unspecified atom stereocenters. The van der Waals surface area contributed by atoms with Gasteiger partial charge in [0.1, 0.15) is 0 Å². The van der Waals surface area contributed by atoms with Crippen molar-refractivity contribution in [2.24, 2.45) is 5.92 Å². The van der Waals surface area contributed by atoms with Crippen molar-refractivity contribution in [3.63, 3.8) is 0 Å².